The molecule has 0 aliphatic heterocycles. The first kappa shape index (κ1) is 17.5. The van der Waals surface area contributed by atoms with E-state index in [1.165, 1.54) is 23.4 Å². The van der Waals surface area contributed by atoms with Crippen LogP contribution in [0.1, 0.15) is 101 Å². The van der Waals surface area contributed by atoms with E-state index in [-0.39, 0.29) is 0 Å². The van der Waals surface area contributed by atoms with Crippen LogP contribution in [0.4, 0.5) is 0 Å². The molecule has 1 aromatic rings. The van der Waals surface area contributed by atoms with Gasteiger partial charge in [-0.3, -0.25) is 4.98 Å². The van der Waals surface area contributed by atoms with E-state index in [0.29, 0.717) is 23.7 Å². The maximum absolute atomic E-state index is 5.04. The van der Waals surface area contributed by atoms with Gasteiger partial charge < -0.3 is 0 Å². The number of rotatable bonds is 2. The average molecular weight is 302 g/mol. The minimum Gasteiger partial charge on any atom is -0.257 e. The van der Waals surface area contributed by atoms with E-state index in [0.717, 1.165) is 11.8 Å². The molecular weight excluding hydrogens is 266 g/mol. The minimum atomic E-state index is 0.505. The largest absolute Gasteiger partial charge is 0.257 e. The Kier molecular flexibility index (Phi) is 5.04. The summed E-state index contributed by atoms with van der Waals surface area (Å²) in [5, 5.41) is 0. The molecule has 0 fully saturated rings. The predicted molar refractivity (Wildman–Crippen MR) is 96.7 cm³/mol. The fraction of sp³-hybridized carbons (Fsp3) is 0.762. The fourth-order valence-corrected chi connectivity index (χ4v) is 4.37. The van der Waals surface area contributed by atoms with Crippen molar-refractivity contribution in [3.63, 3.8) is 0 Å². The molecule has 1 unspecified atom stereocenters. The van der Waals surface area contributed by atoms with E-state index >= 15 is 0 Å². The van der Waals surface area contributed by atoms with Crippen LogP contribution < -0.4 is 0 Å². The van der Waals surface area contributed by atoms with Crippen LogP contribution in [0, 0.1) is 31.6 Å². The van der Waals surface area contributed by atoms with Gasteiger partial charge in [0.2, 0.25) is 0 Å². The van der Waals surface area contributed by atoms with Crippen LogP contribution in [0.25, 0.3) is 0 Å². The lowest BCUT2D eigenvalue weighted by Crippen LogP contribution is -2.16. The number of aromatic nitrogens is 1. The summed E-state index contributed by atoms with van der Waals surface area (Å²) in [5.74, 6) is 3.98. The summed E-state index contributed by atoms with van der Waals surface area (Å²) in [5.41, 5.74) is 7.28. The van der Waals surface area contributed by atoms with Gasteiger partial charge in [-0.25, -0.2) is 0 Å². The van der Waals surface area contributed by atoms with E-state index in [4.69, 9.17) is 4.98 Å². The highest BCUT2D eigenvalue weighted by Crippen LogP contribution is 2.48. The van der Waals surface area contributed by atoms with Gasteiger partial charge in [0, 0.05) is 11.4 Å². The molecule has 1 heteroatoms. The first-order chi connectivity index (χ1) is 10.2. The first-order valence-electron chi connectivity index (χ1n) is 9.17. The van der Waals surface area contributed by atoms with Gasteiger partial charge in [0.15, 0.2) is 0 Å². The summed E-state index contributed by atoms with van der Waals surface area (Å²) < 4.78 is 0. The molecule has 1 heterocycles. The second-order valence-corrected chi connectivity index (χ2v) is 8.40. The SMILES string of the molecule is Cc1nc(C(C)C)c2c(c1C)[C@@H](C)[C@@H](C)[C@@H](C)CC2C(C)C. The van der Waals surface area contributed by atoms with Gasteiger partial charge in [-0.1, -0.05) is 48.5 Å². The van der Waals surface area contributed by atoms with Crippen LogP contribution in [0.15, 0.2) is 0 Å². The second kappa shape index (κ2) is 6.34. The number of aryl methyl sites for hydroxylation is 1. The third-order valence-electron chi connectivity index (χ3n) is 6.29. The summed E-state index contributed by atoms with van der Waals surface area (Å²) in [6.45, 7) is 21.2. The number of hydrogen-bond acceptors (Lipinski definition) is 1. The average Bonchev–Trinajstić information content (AvgIpc) is 2.53. The van der Waals surface area contributed by atoms with Gasteiger partial charge in [-0.2, -0.15) is 0 Å². The summed E-state index contributed by atoms with van der Waals surface area (Å²) >= 11 is 0. The third kappa shape index (κ3) is 2.84. The molecule has 4 atom stereocenters. The molecule has 1 aliphatic carbocycles. The van der Waals surface area contributed by atoms with Crippen molar-refractivity contribution in [2.24, 2.45) is 17.8 Å². The molecule has 124 valence electrons. The molecule has 0 saturated carbocycles. The Morgan fingerprint density at radius 3 is 2.05 bits per heavy atom. The number of fused-ring (bicyclic) bond motifs is 1. The maximum atomic E-state index is 5.04. The van der Waals surface area contributed by atoms with Gasteiger partial charge in [-0.05, 0) is 72.5 Å². The smallest absolute Gasteiger partial charge is 0.0470 e. The fourth-order valence-electron chi connectivity index (χ4n) is 4.37. The molecule has 2 rings (SSSR count). The Morgan fingerprint density at radius 2 is 1.55 bits per heavy atom. The standard InChI is InChI=1S/C21H35N/c1-11(2)18-10-13(5)14(6)15(7)19-16(8)17(9)22-21(12(3)4)20(18)19/h11-15,18H,10H2,1-9H3/t13-,14-,15-,18?/m0/s1. The molecule has 0 amide bonds. The van der Waals surface area contributed by atoms with Crippen molar-refractivity contribution in [1.82, 2.24) is 4.98 Å². The van der Waals surface area contributed by atoms with Gasteiger partial charge >= 0.3 is 0 Å². The molecule has 0 saturated heterocycles. The van der Waals surface area contributed by atoms with E-state index in [1.54, 1.807) is 11.1 Å². The highest BCUT2D eigenvalue weighted by molar-refractivity contribution is 5.46. The van der Waals surface area contributed by atoms with Crippen molar-refractivity contribution in [2.45, 2.75) is 86.5 Å². The van der Waals surface area contributed by atoms with Gasteiger partial charge in [0.1, 0.15) is 0 Å². The summed E-state index contributed by atoms with van der Waals surface area (Å²) in [7, 11) is 0. The molecule has 0 N–H and O–H groups in total. The molecule has 0 radical (unpaired) electrons. The van der Waals surface area contributed by atoms with E-state index in [1.807, 2.05) is 0 Å². The highest BCUT2D eigenvalue weighted by atomic mass is 14.7. The molecule has 22 heavy (non-hydrogen) atoms. The molecule has 0 bridgehead atoms. The lowest BCUT2D eigenvalue weighted by Gasteiger charge is -2.29. The van der Waals surface area contributed by atoms with E-state index in [2.05, 4.69) is 62.3 Å². The van der Waals surface area contributed by atoms with Crippen LogP contribution in [0.2, 0.25) is 0 Å². The minimum absolute atomic E-state index is 0.505. The lowest BCUT2D eigenvalue weighted by atomic mass is 9.78. The summed E-state index contributed by atoms with van der Waals surface area (Å²) in [4.78, 5) is 5.04. The van der Waals surface area contributed by atoms with Crippen molar-refractivity contribution >= 4 is 0 Å². The Balaban J connectivity index is 2.81. The van der Waals surface area contributed by atoms with Crippen LogP contribution in [-0.2, 0) is 0 Å². The van der Waals surface area contributed by atoms with Crippen molar-refractivity contribution in [3.8, 4) is 0 Å². The van der Waals surface area contributed by atoms with E-state index in [9.17, 15) is 0 Å². The maximum Gasteiger partial charge on any atom is 0.0470 e. The van der Waals surface area contributed by atoms with Crippen LogP contribution in [-0.4, -0.2) is 4.98 Å². The van der Waals surface area contributed by atoms with Gasteiger partial charge in [-0.15, -0.1) is 0 Å². The van der Waals surface area contributed by atoms with Crippen molar-refractivity contribution in [2.75, 3.05) is 0 Å². The number of pyridine rings is 1. The zero-order valence-electron chi connectivity index (χ0n) is 16.1. The number of nitrogens with zero attached hydrogens (tertiary/aromatic N) is 1. The topological polar surface area (TPSA) is 12.9 Å². The molecule has 1 aromatic heterocycles. The van der Waals surface area contributed by atoms with Crippen molar-refractivity contribution in [3.05, 3.63) is 28.1 Å². The van der Waals surface area contributed by atoms with Crippen LogP contribution >= 0.6 is 0 Å². The highest BCUT2D eigenvalue weighted by Gasteiger charge is 2.36. The third-order valence-corrected chi connectivity index (χ3v) is 6.29. The van der Waals surface area contributed by atoms with Crippen molar-refractivity contribution < 1.29 is 0 Å². The molecule has 0 spiro atoms. The zero-order valence-corrected chi connectivity index (χ0v) is 16.1. The predicted octanol–water partition coefficient (Wildman–Crippen LogP) is 6.34. The quantitative estimate of drug-likeness (QED) is 0.581. The van der Waals surface area contributed by atoms with Gasteiger partial charge in [0.05, 0.1) is 0 Å². The summed E-state index contributed by atoms with van der Waals surface area (Å²) in [6, 6.07) is 0. The van der Waals surface area contributed by atoms with Gasteiger partial charge in [0.25, 0.3) is 0 Å². The van der Waals surface area contributed by atoms with E-state index < -0.39 is 0 Å². The Morgan fingerprint density at radius 1 is 0.955 bits per heavy atom. The lowest BCUT2D eigenvalue weighted by molar-refractivity contribution is 0.298. The normalized spacial score (nSPS) is 28.9. The monoisotopic (exact) mass is 301 g/mol. The van der Waals surface area contributed by atoms with Crippen LogP contribution in [0.5, 0.6) is 0 Å². The molecule has 1 aliphatic rings. The number of hydrogen-bond donors (Lipinski definition) is 0. The molecular formula is C21H35N. The molecule has 1 nitrogen and oxygen atoms in total. The second-order valence-electron chi connectivity index (χ2n) is 8.40. The zero-order chi connectivity index (χ0) is 16.8. The Labute approximate surface area is 137 Å². The molecule has 0 aromatic carbocycles. The Bertz CT molecular complexity index is 541. The first-order valence-corrected chi connectivity index (χ1v) is 9.17. The van der Waals surface area contributed by atoms with Crippen molar-refractivity contribution in [1.29, 1.82) is 0 Å². The Hall–Kier alpha value is -0.850. The van der Waals surface area contributed by atoms with Crippen LogP contribution in [0.3, 0.4) is 0 Å². The summed E-state index contributed by atoms with van der Waals surface area (Å²) in [6.07, 6.45) is 1.31.